The molecule has 102 valence electrons. The Morgan fingerprint density at radius 1 is 0.944 bits per heavy atom. The fourth-order valence-electron chi connectivity index (χ4n) is 1.89. The van der Waals surface area contributed by atoms with Gasteiger partial charge >= 0.3 is 0 Å². The molecule has 0 heterocycles. The summed E-state index contributed by atoms with van der Waals surface area (Å²) in [6.07, 6.45) is 8.91. The summed E-state index contributed by atoms with van der Waals surface area (Å²) in [5, 5.41) is 1.40. The summed E-state index contributed by atoms with van der Waals surface area (Å²) in [7, 11) is 0. The van der Waals surface area contributed by atoms with Crippen molar-refractivity contribution in [1.82, 2.24) is 0 Å². The van der Waals surface area contributed by atoms with Gasteiger partial charge in [0, 0.05) is 0 Å². The van der Waals surface area contributed by atoms with Crippen molar-refractivity contribution in [1.29, 1.82) is 0 Å². The van der Waals surface area contributed by atoms with Gasteiger partial charge in [0.2, 0.25) is 0 Å². The average Bonchev–Trinajstić information content (AvgIpc) is 2.32. The molecular formula is C14H18Cl2I2. The predicted octanol–water partition coefficient (Wildman–Crippen LogP) is 7.07. The molecule has 1 rings (SSSR count). The molecule has 0 N–H and O–H groups in total. The zero-order chi connectivity index (χ0) is 13.4. The molecule has 0 nitrogen and oxygen atoms in total. The van der Waals surface area contributed by atoms with Crippen LogP contribution in [0.5, 0.6) is 0 Å². The highest BCUT2D eigenvalue weighted by atomic mass is 127. The van der Waals surface area contributed by atoms with Crippen LogP contribution in [0.25, 0.3) is 0 Å². The molecule has 0 spiro atoms. The molecule has 0 unspecified atom stereocenters. The highest BCUT2D eigenvalue weighted by Gasteiger charge is 2.03. The van der Waals surface area contributed by atoms with Crippen molar-refractivity contribution in [2.75, 3.05) is 0 Å². The monoisotopic (exact) mass is 510 g/mol. The summed E-state index contributed by atoms with van der Waals surface area (Å²) >= 11 is 17.1. The van der Waals surface area contributed by atoms with Crippen molar-refractivity contribution in [3.8, 4) is 0 Å². The molecule has 18 heavy (non-hydrogen) atoms. The molecule has 0 aromatic heterocycles. The Labute approximate surface area is 147 Å². The van der Waals surface area contributed by atoms with Crippen LogP contribution in [0.4, 0.5) is 0 Å². The van der Waals surface area contributed by atoms with E-state index in [1.54, 1.807) is 0 Å². The van der Waals surface area contributed by atoms with Crippen molar-refractivity contribution < 1.29 is 0 Å². The Kier molecular flexibility index (Phi) is 9.67. The van der Waals surface area contributed by atoms with Gasteiger partial charge in [-0.05, 0) is 30.9 Å². The summed E-state index contributed by atoms with van der Waals surface area (Å²) in [6.45, 7) is 0. The highest BCUT2D eigenvalue weighted by molar-refractivity contribution is 14.2. The van der Waals surface area contributed by atoms with Crippen molar-refractivity contribution in [3.05, 3.63) is 33.8 Å². The Hall–Kier alpha value is 1.26. The lowest BCUT2D eigenvalue weighted by Crippen LogP contribution is -1.89. The molecule has 0 amide bonds. The minimum Gasteiger partial charge on any atom is -0.0827 e. The molecule has 0 aliphatic carbocycles. The summed E-state index contributed by atoms with van der Waals surface area (Å²) < 4.78 is 0.783. The van der Waals surface area contributed by atoms with Gasteiger partial charge < -0.3 is 0 Å². The molecule has 4 heteroatoms. The van der Waals surface area contributed by atoms with E-state index in [9.17, 15) is 0 Å². The van der Waals surface area contributed by atoms with Crippen LogP contribution in [0.2, 0.25) is 10.0 Å². The first-order chi connectivity index (χ1) is 8.61. The van der Waals surface area contributed by atoms with E-state index in [1.807, 2.05) is 12.1 Å². The van der Waals surface area contributed by atoms with Crippen molar-refractivity contribution >= 4 is 68.4 Å². The van der Waals surface area contributed by atoms with E-state index in [2.05, 4.69) is 51.2 Å². The minimum absolute atomic E-state index is 0.671. The number of alkyl halides is 2. The fraction of sp³-hybridized carbons (Fsp3) is 0.571. The lowest BCUT2D eigenvalue weighted by Gasteiger charge is -2.06. The number of benzene rings is 1. The van der Waals surface area contributed by atoms with Crippen LogP contribution in [0.1, 0.15) is 44.1 Å². The van der Waals surface area contributed by atoms with E-state index in [-0.39, 0.29) is 0 Å². The SMILES string of the molecule is Clc1cccc(CCCCCCCC(I)I)c1Cl. The van der Waals surface area contributed by atoms with Crippen LogP contribution in [0, 0.1) is 0 Å². The molecule has 0 aliphatic heterocycles. The van der Waals surface area contributed by atoms with E-state index >= 15 is 0 Å². The zero-order valence-corrected chi connectivity index (χ0v) is 16.1. The smallest absolute Gasteiger partial charge is 0.0626 e. The molecule has 0 atom stereocenters. The number of hydrogen-bond donors (Lipinski definition) is 0. The van der Waals surface area contributed by atoms with Crippen LogP contribution >= 0.6 is 68.4 Å². The van der Waals surface area contributed by atoms with E-state index in [0.717, 1.165) is 13.4 Å². The molecule has 1 aromatic carbocycles. The highest BCUT2D eigenvalue weighted by Crippen LogP contribution is 2.27. The Morgan fingerprint density at radius 3 is 2.33 bits per heavy atom. The molecule has 0 aliphatic rings. The predicted molar refractivity (Wildman–Crippen MR) is 99.7 cm³/mol. The molecule has 0 saturated heterocycles. The standard InChI is InChI=1S/C14H18Cl2I2/c15-12-9-6-8-11(14(12)16)7-4-2-1-3-5-10-13(17)18/h6,8-9,13H,1-5,7,10H2. The van der Waals surface area contributed by atoms with Gasteiger partial charge in [0.25, 0.3) is 0 Å². The van der Waals surface area contributed by atoms with Crippen LogP contribution in [-0.2, 0) is 6.42 Å². The number of hydrogen-bond acceptors (Lipinski definition) is 0. The average molecular weight is 511 g/mol. The third-order valence-corrected chi connectivity index (χ3v) is 5.00. The van der Waals surface area contributed by atoms with Gasteiger partial charge in [0.05, 0.1) is 12.0 Å². The van der Waals surface area contributed by atoms with Gasteiger partial charge in [0.15, 0.2) is 0 Å². The first kappa shape index (κ1) is 17.3. The maximum absolute atomic E-state index is 6.16. The lowest BCUT2D eigenvalue weighted by molar-refractivity contribution is 0.609. The Morgan fingerprint density at radius 2 is 1.61 bits per heavy atom. The number of halogens is 4. The third-order valence-electron chi connectivity index (χ3n) is 2.90. The molecule has 0 fully saturated rings. The van der Waals surface area contributed by atoms with E-state index in [0.29, 0.717) is 5.02 Å². The summed E-state index contributed by atoms with van der Waals surface area (Å²) in [6, 6.07) is 5.90. The quantitative estimate of drug-likeness (QED) is 0.199. The Bertz CT molecular complexity index is 354. The van der Waals surface area contributed by atoms with Crippen LogP contribution < -0.4 is 0 Å². The topological polar surface area (TPSA) is 0 Å². The number of rotatable bonds is 8. The molecule has 0 saturated carbocycles. The Balaban J connectivity index is 2.13. The lowest BCUT2D eigenvalue weighted by atomic mass is 10.1. The minimum atomic E-state index is 0.671. The second-order valence-electron chi connectivity index (χ2n) is 4.41. The van der Waals surface area contributed by atoms with Gasteiger partial charge in [0.1, 0.15) is 0 Å². The normalized spacial score (nSPS) is 11.2. The van der Waals surface area contributed by atoms with Crippen LogP contribution in [0.15, 0.2) is 18.2 Å². The van der Waals surface area contributed by atoms with Crippen LogP contribution in [0.3, 0.4) is 0 Å². The first-order valence-electron chi connectivity index (χ1n) is 6.32. The van der Waals surface area contributed by atoms with Gasteiger partial charge in [-0.15, -0.1) is 0 Å². The van der Waals surface area contributed by atoms with Crippen molar-refractivity contribution in [3.63, 3.8) is 0 Å². The second kappa shape index (κ2) is 10.1. The maximum atomic E-state index is 6.16. The van der Waals surface area contributed by atoms with Crippen molar-refractivity contribution in [2.24, 2.45) is 0 Å². The summed E-state index contributed by atoms with van der Waals surface area (Å²) in [5.74, 6) is 0. The van der Waals surface area contributed by atoms with Gasteiger partial charge in [-0.25, -0.2) is 0 Å². The second-order valence-corrected chi connectivity index (χ2v) is 10.6. The zero-order valence-electron chi connectivity index (χ0n) is 10.3. The van der Waals surface area contributed by atoms with Crippen LogP contribution in [-0.4, -0.2) is 1.93 Å². The van der Waals surface area contributed by atoms with E-state index in [4.69, 9.17) is 23.2 Å². The molecular weight excluding hydrogens is 493 g/mol. The molecule has 1 aromatic rings. The van der Waals surface area contributed by atoms with E-state index in [1.165, 1.54) is 44.1 Å². The third kappa shape index (κ3) is 7.15. The fourth-order valence-corrected chi connectivity index (χ4v) is 3.18. The van der Waals surface area contributed by atoms with Gasteiger partial charge in [-0.3, -0.25) is 0 Å². The summed E-state index contributed by atoms with van der Waals surface area (Å²) in [4.78, 5) is 0. The van der Waals surface area contributed by atoms with E-state index < -0.39 is 0 Å². The number of unbranched alkanes of at least 4 members (excludes halogenated alkanes) is 4. The largest absolute Gasteiger partial charge is 0.0827 e. The molecule has 0 bridgehead atoms. The maximum Gasteiger partial charge on any atom is 0.0626 e. The molecule has 0 radical (unpaired) electrons. The van der Waals surface area contributed by atoms with Gasteiger partial charge in [-0.1, -0.05) is 106 Å². The van der Waals surface area contributed by atoms with Crippen molar-refractivity contribution in [2.45, 2.75) is 46.9 Å². The summed E-state index contributed by atoms with van der Waals surface area (Å²) in [5.41, 5.74) is 1.18. The van der Waals surface area contributed by atoms with Gasteiger partial charge in [-0.2, -0.15) is 0 Å². The first-order valence-corrected chi connectivity index (χ1v) is 9.57. The number of aryl methyl sites for hydroxylation is 1.